The molecule has 0 radical (unpaired) electrons. The van der Waals surface area contributed by atoms with Crippen LogP contribution in [0.3, 0.4) is 0 Å². The molecule has 0 saturated heterocycles. The van der Waals surface area contributed by atoms with Gasteiger partial charge in [-0.05, 0) is 247 Å². The summed E-state index contributed by atoms with van der Waals surface area (Å²) in [6, 6.07) is 26.5. The third-order valence-corrected chi connectivity index (χ3v) is 14.3. The van der Waals surface area contributed by atoms with Gasteiger partial charge in [0, 0.05) is 92.8 Å². The maximum Gasteiger partial charge on any atom is 0.0513 e. The van der Waals surface area contributed by atoms with Gasteiger partial charge in [0.1, 0.15) is 0 Å². The van der Waals surface area contributed by atoms with Crippen LogP contribution in [0.25, 0.3) is 32.8 Å². The number of pyridine rings is 4. The van der Waals surface area contributed by atoms with Crippen molar-refractivity contribution >= 4 is 32.8 Å². The lowest BCUT2D eigenvalue weighted by Crippen LogP contribution is -1.95. The van der Waals surface area contributed by atoms with E-state index in [1.807, 2.05) is 0 Å². The first-order chi connectivity index (χ1) is 30.5. The molecule has 9 aromatic heterocycles. The van der Waals surface area contributed by atoms with E-state index in [1.54, 1.807) is 0 Å². The van der Waals surface area contributed by atoms with Crippen LogP contribution in [0.4, 0.5) is 0 Å². The number of hydrogen-bond donors (Lipinski definition) is 0. The van der Waals surface area contributed by atoms with E-state index >= 15 is 0 Å². The van der Waals surface area contributed by atoms with E-state index in [4.69, 9.17) is 0 Å². The van der Waals surface area contributed by atoms with Crippen molar-refractivity contribution in [3.05, 3.63) is 198 Å². The molecule has 0 aliphatic carbocycles. The van der Waals surface area contributed by atoms with E-state index < -0.39 is 0 Å². The SMILES string of the molecule is Cc1cc(C)n2c(C)c(C)cc2c1.Cc1cc2c(C)ccc(C)n2c1C.Cc1ccc(C)c2c(C)n(C)cc12.Cc1ccc2cc(C)c(C)n2c1C.Cc1ccn2cc(C)c(C)c2c1C. The molecule has 0 aliphatic rings. The molecule has 0 spiro atoms. The third kappa shape index (κ3) is 9.48. The highest BCUT2D eigenvalue weighted by molar-refractivity contribution is 5.91. The van der Waals surface area contributed by atoms with Gasteiger partial charge in [-0.3, -0.25) is 0 Å². The van der Waals surface area contributed by atoms with Crippen LogP contribution in [0.15, 0.2) is 91.4 Å². The first kappa shape index (κ1) is 48.3. The predicted octanol–water partition coefficient (Wildman–Crippen LogP) is 15.8. The molecule has 340 valence electrons. The van der Waals surface area contributed by atoms with E-state index in [1.165, 1.54) is 139 Å². The van der Waals surface area contributed by atoms with Gasteiger partial charge in [-0.25, -0.2) is 0 Å². The minimum Gasteiger partial charge on any atom is -0.353 e. The van der Waals surface area contributed by atoms with Gasteiger partial charge < -0.3 is 22.2 Å². The molecule has 0 N–H and O–H groups in total. The molecule has 0 atom stereocenters. The molecule has 5 heteroatoms. The smallest absolute Gasteiger partial charge is 0.0513 e. The molecular formula is C60H75N5. The van der Waals surface area contributed by atoms with Gasteiger partial charge >= 0.3 is 0 Å². The quantitative estimate of drug-likeness (QED) is 0.145. The highest BCUT2D eigenvalue weighted by Crippen LogP contribution is 2.27. The van der Waals surface area contributed by atoms with E-state index in [0.717, 1.165) is 0 Å². The lowest BCUT2D eigenvalue weighted by molar-refractivity contribution is 0.888. The standard InChI is InChI=1S/5C12H15N/c1-8-5-10(3)13-11(4)9(2)7-12(13)6-8;1-8-5-6-13-7-9(2)11(4)12(13)10(8)3;1-8-5-6-12-7-9(2)11(4)13(12)10(8)3;1-8-5-6-10(3)13-11(4)9(2)7-12(8)13;1-8-5-6-9(2)12-10(3)13(4)7-11(8)12/h5*5-7H,1-4H3. The third-order valence-electron chi connectivity index (χ3n) is 14.3. The number of rotatable bonds is 0. The van der Waals surface area contributed by atoms with Crippen molar-refractivity contribution in [3.8, 4) is 0 Å². The van der Waals surface area contributed by atoms with Crippen LogP contribution in [0.5, 0.6) is 0 Å². The Labute approximate surface area is 390 Å². The maximum absolute atomic E-state index is 2.32. The Balaban J connectivity index is 0.000000135. The van der Waals surface area contributed by atoms with Crippen molar-refractivity contribution in [1.82, 2.24) is 22.2 Å². The van der Waals surface area contributed by atoms with Crippen molar-refractivity contribution in [2.75, 3.05) is 0 Å². The summed E-state index contributed by atoms with van der Waals surface area (Å²) in [6.45, 7) is 41.2. The highest BCUT2D eigenvalue weighted by atomic mass is 14.9. The molecule has 10 aromatic rings. The summed E-state index contributed by atoms with van der Waals surface area (Å²) in [5.41, 5.74) is 31.2. The molecule has 0 unspecified atom stereocenters. The van der Waals surface area contributed by atoms with Gasteiger partial charge in [-0.2, -0.15) is 0 Å². The summed E-state index contributed by atoms with van der Waals surface area (Å²) in [5, 5.41) is 2.81. The molecule has 0 saturated carbocycles. The zero-order valence-corrected chi connectivity index (χ0v) is 43.4. The Morgan fingerprint density at radius 1 is 0.354 bits per heavy atom. The molecule has 5 nitrogen and oxygen atoms in total. The number of hydrogen-bond acceptors (Lipinski definition) is 0. The van der Waals surface area contributed by atoms with Gasteiger partial charge in [0.05, 0.1) is 5.52 Å². The number of aryl methyl sites for hydroxylation is 20. The van der Waals surface area contributed by atoms with Crippen LogP contribution in [0, 0.1) is 132 Å². The van der Waals surface area contributed by atoms with Crippen LogP contribution in [0.2, 0.25) is 0 Å². The average molecular weight is 866 g/mol. The zero-order valence-electron chi connectivity index (χ0n) is 43.4. The monoisotopic (exact) mass is 866 g/mol. The minimum absolute atomic E-state index is 1.30. The summed E-state index contributed by atoms with van der Waals surface area (Å²) in [7, 11) is 2.11. The number of nitrogens with zero attached hydrogens (tertiary/aromatic N) is 5. The molecule has 0 amide bonds. The topological polar surface area (TPSA) is 22.6 Å². The Morgan fingerprint density at radius 2 is 0.892 bits per heavy atom. The molecule has 9 heterocycles. The van der Waals surface area contributed by atoms with Crippen molar-refractivity contribution in [1.29, 1.82) is 0 Å². The number of fused-ring (bicyclic) bond motifs is 5. The van der Waals surface area contributed by atoms with E-state index in [2.05, 4.69) is 252 Å². The Morgan fingerprint density at radius 3 is 1.54 bits per heavy atom. The Hall–Kier alpha value is -6.20. The van der Waals surface area contributed by atoms with Gasteiger partial charge in [0.25, 0.3) is 0 Å². The molecular weight excluding hydrogens is 791 g/mol. The van der Waals surface area contributed by atoms with E-state index in [-0.39, 0.29) is 0 Å². The second kappa shape index (κ2) is 19.1. The summed E-state index contributed by atoms with van der Waals surface area (Å²) < 4.78 is 11.4. The van der Waals surface area contributed by atoms with E-state index in [0.29, 0.717) is 0 Å². The number of aromatic nitrogens is 5. The fourth-order valence-electron chi connectivity index (χ4n) is 9.51. The van der Waals surface area contributed by atoms with Crippen molar-refractivity contribution in [3.63, 3.8) is 0 Å². The van der Waals surface area contributed by atoms with Crippen molar-refractivity contribution in [2.45, 2.75) is 132 Å². The highest BCUT2D eigenvalue weighted by Gasteiger charge is 2.10. The summed E-state index contributed by atoms with van der Waals surface area (Å²) in [6.07, 6.45) is 6.54. The van der Waals surface area contributed by atoms with Crippen LogP contribution in [0.1, 0.15) is 107 Å². The lowest BCUT2D eigenvalue weighted by atomic mass is 10.0. The van der Waals surface area contributed by atoms with Crippen LogP contribution < -0.4 is 0 Å². The fourth-order valence-corrected chi connectivity index (χ4v) is 9.51. The van der Waals surface area contributed by atoms with E-state index in [9.17, 15) is 0 Å². The van der Waals surface area contributed by atoms with Crippen molar-refractivity contribution in [2.24, 2.45) is 7.05 Å². The Bertz CT molecular complexity index is 3170. The second-order valence-electron chi connectivity index (χ2n) is 19.0. The molecule has 0 fully saturated rings. The first-order valence-corrected chi connectivity index (χ1v) is 23.2. The second-order valence-corrected chi connectivity index (χ2v) is 19.0. The fraction of sp³-hybridized carbons (Fsp3) is 0.333. The number of benzene rings is 1. The van der Waals surface area contributed by atoms with Crippen LogP contribution in [-0.4, -0.2) is 22.2 Å². The molecule has 0 bridgehead atoms. The van der Waals surface area contributed by atoms with Gasteiger partial charge in [0.2, 0.25) is 0 Å². The largest absolute Gasteiger partial charge is 0.353 e. The normalized spacial score (nSPS) is 11.1. The van der Waals surface area contributed by atoms with Crippen LogP contribution >= 0.6 is 0 Å². The van der Waals surface area contributed by atoms with Crippen molar-refractivity contribution < 1.29 is 0 Å². The minimum atomic E-state index is 1.30. The molecule has 1 aromatic carbocycles. The van der Waals surface area contributed by atoms with Gasteiger partial charge in [-0.15, -0.1) is 0 Å². The van der Waals surface area contributed by atoms with Gasteiger partial charge in [0.15, 0.2) is 0 Å². The first-order valence-electron chi connectivity index (χ1n) is 23.2. The Kier molecular flexibility index (Phi) is 14.2. The van der Waals surface area contributed by atoms with Crippen LogP contribution in [-0.2, 0) is 7.05 Å². The molecule has 0 aliphatic heterocycles. The summed E-state index contributed by atoms with van der Waals surface area (Å²) >= 11 is 0. The van der Waals surface area contributed by atoms with Gasteiger partial charge in [-0.1, -0.05) is 24.3 Å². The summed E-state index contributed by atoms with van der Waals surface area (Å²) in [5.74, 6) is 0. The maximum atomic E-state index is 2.32. The molecule has 65 heavy (non-hydrogen) atoms. The molecule has 10 rings (SSSR count). The predicted molar refractivity (Wildman–Crippen MR) is 283 cm³/mol. The zero-order chi connectivity index (χ0) is 47.9. The average Bonchev–Trinajstić information content (AvgIpc) is 4.00. The lowest BCUT2D eigenvalue weighted by Gasteiger charge is -2.06. The summed E-state index contributed by atoms with van der Waals surface area (Å²) in [4.78, 5) is 0.